The number of anilines is 1. The van der Waals surface area contributed by atoms with Crippen molar-refractivity contribution in [1.29, 1.82) is 0 Å². The lowest BCUT2D eigenvalue weighted by Gasteiger charge is -2.05. The van der Waals surface area contributed by atoms with Crippen molar-refractivity contribution in [2.45, 2.75) is 6.92 Å². The van der Waals surface area contributed by atoms with E-state index in [9.17, 15) is 4.79 Å². The molecule has 26 heavy (non-hydrogen) atoms. The number of aryl methyl sites for hydroxylation is 1. The predicted molar refractivity (Wildman–Crippen MR) is 104 cm³/mol. The highest BCUT2D eigenvalue weighted by Crippen LogP contribution is 2.27. The fraction of sp³-hybridized carbons (Fsp3) is 0.0500. The van der Waals surface area contributed by atoms with Gasteiger partial charge < -0.3 is 9.73 Å². The largest absolute Gasteiger partial charge is 0.436 e. The fourth-order valence-corrected chi connectivity index (χ4v) is 2.93. The number of aromatic nitrogens is 2. The summed E-state index contributed by atoms with van der Waals surface area (Å²) < 4.78 is 6.63. The van der Waals surface area contributed by atoms with Gasteiger partial charge in [-0.2, -0.15) is 0 Å². The Kier molecular flexibility index (Phi) is 4.26. The van der Waals surface area contributed by atoms with Crippen LogP contribution in [0.1, 0.15) is 15.9 Å². The van der Waals surface area contributed by atoms with E-state index in [1.807, 2.05) is 25.1 Å². The number of fused-ring (bicyclic) bond motifs is 1. The summed E-state index contributed by atoms with van der Waals surface area (Å²) in [5.41, 5.74) is 4.47. The molecule has 2 aromatic carbocycles. The Bertz CT molecular complexity index is 1100. The quantitative estimate of drug-likeness (QED) is 0.505. The van der Waals surface area contributed by atoms with Gasteiger partial charge in [0.15, 0.2) is 5.58 Å². The number of carbonyl (C=O) groups is 1. The summed E-state index contributed by atoms with van der Waals surface area (Å²) in [6.07, 6.45) is 3.39. The normalized spacial score (nSPS) is 10.8. The molecule has 0 spiro atoms. The first kappa shape index (κ1) is 16.5. The Balaban J connectivity index is 1.61. The van der Waals surface area contributed by atoms with E-state index >= 15 is 0 Å². The van der Waals surface area contributed by atoms with E-state index in [0.29, 0.717) is 28.2 Å². The first-order valence-electron chi connectivity index (χ1n) is 7.98. The van der Waals surface area contributed by atoms with Gasteiger partial charge in [-0.3, -0.25) is 9.78 Å². The molecule has 2 heterocycles. The topological polar surface area (TPSA) is 68.0 Å². The molecule has 0 fully saturated rings. The molecule has 0 aliphatic heterocycles. The van der Waals surface area contributed by atoms with E-state index in [1.54, 1.807) is 42.7 Å². The Hall–Kier alpha value is -2.99. The van der Waals surface area contributed by atoms with Crippen LogP contribution >= 0.6 is 15.9 Å². The van der Waals surface area contributed by atoms with Crippen molar-refractivity contribution in [2.24, 2.45) is 0 Å². The van der Waals surface area contributed by atoms with Gasteiger partial charge in [0.2, 0.25) is 5.89 Å². The van der Waals surface area contributed by atoms with Crippen LogP contribution < -0.4 is 5.32 Å². The monoisotopic (exact) mass is 407 g/mol. The van der Waals surface area contributed by atoms with E-state index in [2.05, 4.69) is 31.2 Å². The highest BCUT2D eigenvalue weighted by Gasteiger charge is 2.11. The Morgan fingerprint density at radius 1 is 1.08 bits per heavy atom. The molecule has 0 aliphatic rings. The number of carbonyl (C=O) groups excluding carboxylic acids is 1. The van der Waals surface area contributed by atoms with E-state index in [0.717, 1.165) is 15.6 Å². The maximum absolute atomic E-state index is 12.4. The minimum atomic E-state index is -0.163. The molecule has 4 rings (SSSR count). The summed E-state index contributed by atoms with van der Waals surface area (Å²) in [5, 5.41) is 2.89. The van der Waals surface area contributed by atoms with Crippen LogP contribution in [0.25, 0.3) is 22.6 Å². The minimum absolute atomic E-state index is 0.163. The Labute approximate surface area is 158 Å². The lowest BCUT2D eigenvalue weighted by atomic mass is 10.1. The molecule has 2 aromatic heterocycles. The third kappa shape index (κ3) is 3.36. The molecule has 1 amide bonds. The molecule has 4 aromatic rings. The molecular weight excluding hydrogens is 394 g/mol. The maximum Gasteiger partial charge on any atom is 0.255 e. The number of hydrogen-bond acceptors (Lipinski definition) is 4. The lowest BCUT2D eigenvalue weighted by Crippen LogP contribution is -2.11. The molecule has 1 N–H and O–H groups in total. The van der Waals surface area contributed by atoms with Crippen LogP contribution in [0.5, 0.6) is 0 Å². The molecule has 5 nitrogen and oxygen atoms in total. The van der Waals surface area contributed by atoms with E-state index < -0.39 is 0 Å². The lowest BCUT2D eigenvalue weighted by molar-refractivity contribution is 0.102. The summed E-state index contributed by atoms with van der Waals surface area (Å²) in [4.78, 5) is 21.0. The molecule has 6 heteroatoms. The second kappa shape index (κ2) is 6.72. The highest BCUT2D eigenvalue weighted by atomic mass is 79.9. The third-order valence-corrected chi connectivity index (χ3v) is 4.34. The summed E-state index contributed by atoms with van der Waals surface area (Å²) in [6, 6.07) is 14.7. The maximum atomic E-state index is 12.4. The van der Waals surface area contributed by atoms with Gasteiger partial charge in [0, 0.05) is 28.1 Å². The number of hydrogen-bond donors (Lipinski definition) is 1. The van der Waals surface area contributed by atoms with Crippen molar-refractivity contribution >= 4 is 38.6 Å². The van der Waals surface area contributed by atoms with Gasteiger partial charge in [-0.15, -0.1) is 0 Å². The zero-order valence-corrected chi connectivity index (χ0v) is 15.4. The number of nitrogens with one attached hydrogen (secondary N) is 1. The zero-order valence-electron chi connectivity index (χ0n) is 13.9. The molecule has 0 radical (unpaired) electrons. The third-order valence-electron chi connectivity index (χ3n) is 3.91. The van der Waals surface area contributed by atoms with Gasteiger partial charge in [0.1, 0.15) is 5.52 Å². The van der Waals surface area contributed by atoms with Crippen LogP contribution in [0.15, 0.2) is 69.8 Å². The van der Waals surface area contributed by atoms with Gasteiger partial charge in [-0.1, -0.05) is 17.7 Å². The van der Waals surface area contributed by atoms with Gasteiger partial charge in [-0.25, -0.2) is 4.98 Å². The first-order chi connectivity index (χ1) is 12.6. The number of pyridine rings is 1. The van der Waals surface area contributed by atoms with Crippen molar-refractivity contribution in [3.05, 3.63) is 76.5 Å². The summed E-state index contributed by atoms with van der Waals surface area (Å²) in [7, 11) is 0. The summed E-state index contributed by atoms with van der Waals surface area (Å²) in [5.74, 6) is 0.320. The van der Waals surface area contributed by atoms with Crippen molar-refractivity contribution < 1.29 is 9.21 Å². The zero-order chi connectivity index (χ0) is 18.1. The smallest absolute Gasteiger partial charge is 0.255 e. The molecule has 0 aliphatic carbocycles. The summed E-state index contributed by atoms with van der Waals surface area (Å²) in [6.45, 7) is 1.98. The molecule has 0 bridgehead atoms. The number of benzene rings is 2. The molecule has 0 saturated carbocycles. The second-order valence-corrected chi connectivity index (χ2v) is 6.83. The average molecular weight is 408 g/mol. The van der Waals surface area contributed by atoms with Gasteiger partial charge in [0.05, 0.1) is 5.56 Å². The van der Waals surface area contributed by atoms with Crippen molar-refractivity contribution in [3.63, 3.8) is 0 Å². The highest BCUT2D eigenvalue weighted by molar-refractivity contribution is 9.10. The van der Waals surface area contributed by atoms with Crippen LogP contribution in [-0.2, 0) is 0 Å². The number of nitrogens with zero attached hydrogens (tertiary/aromatic N) is 2. The van der Waals surface area contributed by atoms with Crippen molar-refractivity contribution in [1.82, 2.24) is 9.97 Å². The summed E-state index contributed by atoms with van der Waals surface area (Å²) >= 11 is 3.39. The van der Waals surface area contributed by atoms with Crippen molar-refractivity contribution in [3.8, 4) is 11.5 Å². The van der Waals surface area contributed by atoms with Gasteiger partial charge in [0.25, 0.3) is 5.91 Å². The molecule has 0 unspecified atom stereocenters. The fourth-order valence-electron chi connectivity index (χ4n) is 2.57. The van der Waals surface area contributed by atoms with Crippen LogP contribution in [-0.4, -0.2) is 15.9 Å². The Morgan fingerprint density at radius 2 is 1.88 bits per heavy atom. The number of oxazole rings is 1. The first-order valence-corrected chi connectivity index (χ1v) is 8.77. The van der Waals surface area contributed by atoms with E-state index in [1.165, 1.54) is 0 Å². The van der Waals surface area contributed by atoms with Crippen LogP contribution in [0.3, 0.4) is 0 Å². The molecule has 0 saturated heterocycles. The van der Waals surface area contributed by atoms with Crippen LogP contribution in [0.2, 0.25) is 0 Å². The average Bonchev–Trinajstić information content (AvgIpc) is 3.05. The van der Waals surface area contributed by atoms with E-state index in [-0.39, 0.29) is 5.91 Å². The van der Waals surface area contributed by atoms with Gasteiger partial charge in [-0.05, 0) is 59.3 Å². The number of rotatable bonds is 3. The van der Waals surface area contributed by atoms with Crippen LogP contribution in [0, 0.1) is 6.92 Å². The van der Waals surface area contributed by atoms with E-state index in [4.69, 9.17) is 4.42 Å². The number of halogens is 1. The minimum Gasteiger partial charge on any atom is -0.436 e. The van der Waals surface area contributed by atoms with Crippen LogP contribution in [0.4, 0.5) is 5.69 Å². The Morgan fingerprint density at radius 3 is 2.65 bits per heavy atom. The van der Waals surface area contributed by atoms with Crippen molar-refractivity contribution in [2.75, 3.05) is 5.32 Å². The predicted octanol–water partition coefficient (Wildman–Crippen LogP) is 5.21. The standard InChI is InChI=1S/C20H14BrN3O2/c1-12-2-4-13(5-3-12)19(25)23-16-6-7-18-17(9-16)24-20(26-18)14-8-15(21)11-22-10-14/h2-11H,1H3,(H,23,25). The second-order valence-electron chi connectivity index (χ2n) is 5.91. The molecular formula is C20H14BrN3O2. The SMILES string of the molecule is Cc1ccc(C(=O)Nc2ccc3oc(-c4cncc(Br)c4)nc3c2)cc1. The molecule has 0 atom stereocenters. The number of amides is 1. The van der Waals surface area contributed by atoms with Gasteiger partial charge >= 0.3 is 0 Å². The molecule has 128 valence electrons.